The molecule has 2 heterocycles. The van der Waals surface area contributed by atoms with Crippen molar-refractivity contribution in [1.29, 1.82) is 0 Å². The van der Waals surface area contributed by atoms with Gasteiger partial charge in [-0.05, 0) is 85.2 Å². The molecule has 0 spiro atoms. The van der Waals surface area contributed by atoms with Crippen LogP contribution in [0.4, 0.5) is 4.39 Å². The zero-order valence-electron chi connectivity index (χ0n) is 23.7. The third kappa shape index (κ3) is 5.45. The first-order chi connectivity index (χ1) is 20.1. The monoisotopic (exact) mass is 595 g/mol. The summed E-state index contributed by atoms with van der Waals surface area (Å²) in [6.45, 7) is 5.46. The molecule has 1 fully saturated rings. The van der Waals surface area contributed by atoms with Gasteiger partial charge in [0.1, 0.15) is 35.8 Å². The van der Waals surface area contributed by atoms with Crippen molar-refractivity contribution in [3.05, 3.63) is 76.1 Å². The lowest BCUT2D eigenvalue weighted by Gasteiger charge is -2.19. The van der Waals surface area contributed by atoms with E-state index < -0.39 is 22.1 Å². The number of ether oxygens (including phenoxy) is 3. The highest BCUT2D eigenvalue weighted by Crippen LogP contribution is 2.45. The van der Waals surface area contributed by atoms with Gasteiger partial charge in [0.05, 0.1) is 18.8 Å². The van der Waals surface area contributed by atoms with E-state index in [9.17, 15) is 13.2 Å². The molecule has 1 unspecified atom stereocenters. The Morgan fingerprint density at radius 2 is 1.90 bits per heavy atom. The second kappa shape index (κ2) is 11.2. The zero-order chi connectivity index (χ0) is 29.6. The van der Waals surface area contributed by atoms with Gasteiger partial charge in [-0.3, -0.25) is 4.79 Å². The van der Waals surface area contributed by atoms with Crippen LogP contribution in [0.25, 0.3) is 11.1 Å². The first-order valence-corrected chi connectivity index (χ1v) is 15.9. The molecule has 8 nitrogen and oxygen atoms in total. The van der Waals surface area contributed by atoms with Gasteiger partial charge in [-0.1, -0.05) is 12.1 Å². The Kier molecular flexibility index (Phi) is 7.61. The first-order valence-electron chi connectivity index (χ1n) is 14.3. The number of aryl methyl sites for hydroxylation is 2. The van der Waals surface area contributed by atoms with Crippen LogP contribution < -0.4 is 14.2 Å². The van der Waals surface area contributed by atoms with Gasteiger partial charge in [0.15, 0.2) is 0 Å². The van der Waals surface area contributed by atoms with E-state index in [2.05, 4.69) is 0 Å². The van der Waals surface area contributed by atoms with Crippen molar-refractivity contribution >= 4 is 16.0 Å². The number of hydrogen-bond acceptors (Lipinski definition) is 6. The number of halogens is 1. The standard InChI is InChI=1S/C32H34FNO7S/c1-19-14-23(39-12-11-34-10-3-13-42(34,37)38)15-20(2)31(19)25-6-8-27(33)32-26(25)7-9-28(32)41-22-4-5-24-21(16-30(35)36)18-40-29(24)17-22/h4-6,8,14-15,17,21,28H,3,7,9-13,16,18H2,1-2H3,(H,35,36)/t21?,28-/m1/s1. The predicted octanol–water partition coefficient (Wildman–Crippen LogP) is 5.54. The highest BCUT2D eigenvalue weighted by Gasteiger charge is 2.32. The SMILES string of the molecule is Cc1cc(OCCN2CCCS2(=O)=O)cc(C)c1-c1ccc(F)c2c1CC[C@H]2Oc1ccc2c(c1)OCC2CC(=O)O. The van der Waals surface area contributed by atoms with Crippen molar-refractivity contribution in [2.75, 3.05) is 32.1 Å². The maximum atomic E-state index is 15.3. The highest BCUT2D eigenvalue weighted by molar-refractivity contribution is 7.89. The number of hydrogen-bond donors (Lipinski definition) is 1. The minimum atomic E-state index is -3.16. The number of fused-ring (bicyclic) bond motifs is 2. The lowest BCUT2D eigenvalue weighted by molar-refractivity contribution is -0.137. The van der Waals surface area contributed by atoms with Crippen LogP contribution >= 0.6 is 0 Å². The molecule has 3 aromatic carbocycles. The number of carboxylic acid groups (broad SMARTS) is 1. The molecule has 3 aliphatic rings. The number of aliphatic carboxylic acids is 1. The summed E-state index contributed by atoms with van der Waals surface area (Å²) in [4.78, 5) is 11.2. The lowest BCUT2D eigenvalue weighted by Crippen LogP contribution is -2.30. The Morgan fingerprint density at radius 1 is 1.12 bits per heavy atom. The smallest absolute Gasteiger partial charge is 0.304 e. The van der Waals surface area contributed by atoms with E-state index in [4.69, 9.17) is 19.3 Å². The van der Waals surface area contributed by atoms with Crippen molar-refractivity contribution in [2.24, 2.45) is 0 Å². The Balaban J connectivity index is 1.20. The van der Waals surface area contributed by atoms with Gasteiger partial charge in [0, 0.05) is 36.2 Å². The third-order valence-electron chi connectivity index (χ3n) is 8.43. The topological polar surface area (TPSA) is 102 Å². The summed E-state index contributed by atoms with van der Waals surface area (Å²) < 4.78 is 58.8. The Morgan fingerprint density at radius 3 is 2.62 bits per heavy atom. The summed E-state index contributed by atoms with van der Waals surface area (Å²) >= 11 is 0. The van der Waals surface area contributed by atoms with E-state index in [0.717, 1.165) is 33.4 Å². The fourth-order valence-corrected chi connectivity index (χ4v) is 8.05. The number of benzene rings is 3. The molecule has 0 bridgehead atoms. The molecule has 1 N–H and O–H groups in total. The molecule has 3 aromatic rings. The molecule has 1 saturated heterocycles. The van der Waals surface area contributed by atoms with E-state index in [1.807, 2.05) is 38.1 Å². The van der Waals surface area contributed by atoms with Gasteiger partial charge < -0.3 is 19.3 Å². The fourth-order valence-electron chi connectivity index (χ4n) is 6.54. The van der Waals surface area contributed by atoms with Crippen molar-refractivity contribution in [1.82, 2.24) is 4.31 Å². The summed E-state index contributed by atoms with van der Waals surface area (Å²) in [6.07, 6.45) is 1.49. The largest absolute Gasteiger partial charge is 0.492 e. The number of carboxylic acids is 1. The summed E-state index contributed by atoms with van der Waals surface area (Å²) in [5, 5.41) is 9.16. The van der Waals surface area contributed by atoms with E-state index in [1.54, 1.807) is 12.1 Å². The van der Waals surface area contributed by atoms with Gasteiger partial charge in [0.2, 0.25) is 10.0 Å². The highest BCUT2D eigenvalue weighted by atomic mass is 32.2. The van der Waals surface area contributed by atoms with E-state index in [1.165, 1.54) is 10.4 Å². The van der Waals surface area contributed by atoms with Crippen LogP contribution in [0.5, 0.6) is 17.2 Å². The molecule has 0 saturated carbocycles. The van der Waals surface area contributed by atoms with Crippen molar-refractivity contribution in [2.45, 2.75) is 51.6 Å². The maximum Gasteiger partial charge on any atom is 0.304 e. The van der Waals surface area contributed by atoms with E-state index in [-0.39, 0.29) is 30.5 Å². The average Bonchev–Trinajstić information content (AvgIpc) is 3.62. The van der Waals surface area contributed by atoms with E-state index >= 15 is 4.39 Å². The molecule has 222 valence electrons. The van der Waals surface area contributed by atoms with Gasteiger partial charge in [0.25, 0.3) is 0 Å². The van der Waals surface area contributed by atoms with Crippen LogP contribution in [-0.4, -0.2) is 55.9 Å². The Hall–Kier alpha value is -3.63. The van der Waals surface area contributed by atoms with Gasteiger partial charge in [-0.15, -0.1) is 0 Å². The normalized spacial score (nSPS) is 20.6. The first kappa shape index (κ1) is 28.5. The van der Waals surface area contributed by atoms with Gasteiger partial charge >= 0.3 is 5.97 Å². The van der Waals surface area contributed by atoms with Gasteiger partial charge in [-0.2, -0.15) is 4.31 Å². The van der Waals surface area contributed by atoms with Crippen LogP contribution in [0.2, 0.25) is 0 Å². The molecule has 10 heteroatoms. The second-order valence-corrected chi connectivity index (χ2v) is 13.4. The molecule has 6 rings (SSSR count). The van der Waals surface area contributed by atoms with Crippen molar-refractivity contribution in [3.63, 3.8) is 0 Å². The minimum Gasteiger partial charge on any atom is -0.492 e. The summed E-state index contributed by atoms with van der Waals surface area (Å²) in [7, 11) is -3.16. The predicted molar refractivity (Wildman–Crippen MR) is 155 cm³/mol. The third-order valence-corrected chi connectivity index (χ3v) is 10.4. The molecule has 2 aliphatic heterocycles. The maximum absolute atomic E-state index is 15.3. The van der Waals surface area contributed by atoms with Crippen LogP contribution in [-0.2, 0) is 21.2 Å². The molecule has 42 heavy (non-hydrogen) atoms. The van der Waals surface area contributed by atoms with Crippen LogP contribution in [0, 0.1) is 19.7 Å². The number of sulfonamides is 1. The number of rotatable bonds is 9. The summed E-state index contributed by atoms with van der Waals surface area (Å²) in [5.74, 6) is 0.684. The number of nitrogens with zero attached hydrogens (tertiary/aromatic N) is 1. The molecular formula is C32H34FNO7S. The second-order valence-electron chi connectivity index (χ2n) is 11.3. The molecule has 0 amide bonds. The zero-order valence-corrected chi connectivity index (χ0v) is 24.5. The summed E-state index contributed by atoms with van der Waals surface area (Å²) in [6, 6.07) is 12.6. The van der Waals surface area contributed by atoms with Crippen molar-refractivity contribution < 1.29 is 36.9 Å². The van der Waals surface area contributed by atoms with Gasteiger partial charge in [-0.25, -0.2) is 12.8 Å². The van der Waals surface area contributed by atoms with Crippen LogP contribution in [0.3, 0.4) is 0 Å². The molecule has 0 aromatic heterocycles. The quantitative estimate of drug-likeness (QED) is 0.347. The van der Waals surface area contributed by atoms with Crippen LogP contribution in [0.1, 0.15) is 59.1 Å². The Labute approximate surface area is 245 Å². The molecule has 0 radical (unpaired) electrons. The van der Waals surface area contributed by atoms with Crippen LogP contribution in [0.15, 0.2) is 42.5 Å². The molecular weight excluding hydrogens is 561 g/mol. The molecule has 2 atom stereocenters. The van der Waals surface area contributed by atoms with E-state index in [0.29, 0.717) is 61.8 Å². The average molecular weight is 596 g/mol. The summed E-state index contributed by atoms with van der Waals surface area (Å²) in [5.41, 5.74) is 6.31. The Bertz CT molecular complexity index is 1630. The van der Waals surface area contributed by atoms with Crippen molar-refractivity contribution in [3.8, 4) is 28.4 Å². The number of carbonyl (C=O) groups is 1. The fraction of sp³-hybridized carbons (Fsp3) is 0.406. The lowest BCUT2D eigenvalue weighted by atomic mass is 9.90. The molecule has 1 aliphatic carbocycles. The minimum absolute atomic E-state index is 0.00601.